The molecule has 1 saturated heterocycles. The standard InChI is InChI=1S/C16H21Cl2NO2/c17-14-7-6-13(15(18)11-14)12-19(8-2-1-3-9-19)10-4-5-16(20)21/h6-7,11H,1-5,8-10,12H2/p+1. The third kappa shape index (κ3) is 4.87. The monoisotopic (exact) mass is 330 g/mol. The van der Waals surface area contributed by atoms with Crippen LogP contribution in [-0.2, 0) is 11.3 Å². The average Bonchev–Trinajstić information content (AvgIpc) is 2.43. The topological polar surface area (TPSA) is 37.3 Å². The van der Waals surface area contributed by atoms with E-state index in [2.05, 4.69) is 0 Å². The summed E-state index contributed by atoms with van der Waals surface area (Å²) in [5.41, 5.74) is 1.11. The number of halogens is 2. The number of piperidine rings is 1. The number of nitrogens with zero attached hydrogens (tertiary/aromatic N) is 1. The van der Waals surface area contributed by atoms with E-state index < -0.39 is 5.97 Å². The Hall–Kier alpha value is -0.770. The van der Waals surface area contributed by atoms with E-state index in [0.717, 1.165) is 42.6 Å². The van der Waals surface area contributed by atoms with Crippen molar-refractivity contribution < 1.29 is 14.4 Å². The van der Waals surface area contributed by atoms with Crippen LogP contribution in [0.3, 0.4) is 0 Å². The lowest BCUT2D eigenvalue weighted by Gasteiger charge is -2.42. The highest BCUT2D eigenvalue weighted by Gasteiger charge is 2.30. The number of carboxylic acid groups (broad SMARTS) is 1. The first kappa shape index (κ1) is 16.6. The zero-order valence-electron chi connectivity index (χ0n) is 12.2. The molecule has 0 spiro atoms. The molecule has 1 aromatic rings. The summed E-state index contributed by atoms with van der Waals surface area (Å²) in [6.07, 6.45) is 4.65. The van der Waals surface area contributed by atoms with E-state index >= 15 is 0 Å². The number of hydrogen-bond donors (Lipinski definition) is 1. The number of rotatable bonds is 6. The number of aliphatic carboxylic acids is 1. The molecule has 2 rings (SSSR count). The van der Waals surface area contributed by atoms with Crippen molar-refractivity contribution in [2.45, 2.75) is 38.6 Å². The van der Waals surface area contributed by atoms with Crippen LogP contribution in [0, 0.1) is 0 Å². The predicted octanol–water partition coefficient (Wildman–Crippen LogP) is 4.36. The van der Waals surface area contributed by atoms with Crippen LogP contribution in [0.1, 0.15) is 37.7 Å². The Bertz CT molecular complexity index is 499. The Morgan fingerprint density at radius 3 is 2.52 bits per heavy atom. The molecule has 0 bridgehead atoms. The van der Waals surface area contributed by atoms with Gasteiger partial charge in [0, 0.05) is 17.0 Å². The van der Waals surface area contributed by atoms with Crippen molar-refractivity contribution in [3.63, 3.8) is 0 Å². The molecule has 21 heavy (non-hydrogen) atoms. The molecule has 0 aromatic heterocycles. The maximum Gasteiger partial charge on any atom is 0.303 e. The molecule has 0 radical (unpaired) electrons. The van der Waals surface area contributed by atoms with Gasteiger partial charge in [-0.15, -0.1) is 0 Å². The molecule has 1 heterocycles. The molecule has 1 aromatic carbocycles. The highest BCUT2D eigenvalue weighted by atomic mass is 35.5. The second-order valence-corrected chi connectivity index (χ2v) is 6.81. The molecule has 1 N–H and O–H groups in total. The third-order valence-electron chi connectivity index (χ3n) is 4.31. The quantitative estimate of drug-likeness (QED) is 0.787. The van der Waals surface area contributed by atoms with Gasteiger partial charge in [0.2, 0.25) is 0 Å². The van der Waals surface area contributed by atoms with Gasteiger partial charge < -0.3 is 9.59 Å². The molecular formula is C16H22Cl2NO2+. The Morgan fingerprint density at radius 1 is 1.19 bits per heavy atom. The fourth-order valence-corrected chi connectivity index (χ4v) is 3.69. The molecule has 1 fully saturated rings. The van der Waals surface area contributed by atoms with Gasteiger partial charge in [0.05, 0.1) is 31.1 Å². The molecule has 0 atom stereocenters. The third-order valence-corrected chi connectivity index (χ3v) is 4.90. The Morgan fingerprint density at radius 2 is 1.90 bits per heavy atom. The Balaban J connectivity index is 2.09. The van der Waals surface area contributed by atoms with E-state index in [1.54, 1.807) is 6.07 Å². The summed E-state index contributed by atoms with van der Waals surface area (Å²) in [4.78, 5) is 10.8. The molecule has 5 heteroatoms. The highest BCUT2D eigenvalue weighted by molar-refractivity contribution is 6.35. The number of carboxylic acids is 1. The fourth-order valence-electron chi connectivity index (χ4n) is 3.22. The normalized spacial score (nSPS) is 17.6. The first-order valence-corrected chi connectivity index (χ1v) is 8.27. The number of benzene rings is 1. The number of hydrogen-bond acceptors (Lipinski definition) is 1. The second-order valence-electron chi connectivity index (χ2n) is 5.96. The first-order valence-electron chi connectivity index (χ1n) is 7.52. The predicted molar refractivity (Wildman–Crippen MR) is 85.7 cm³/mol. The van der Waals surface area contributed by atoms with E-state index in [4.69, 9.17) is 28.3 Å². The SMILES string of the molecule is O=C(O)CCC[N+]1(Cc2ccc(Cl)cc2Cl)CCCCC1. The van der Waals surface area contributed by atoms with Gasteiger partial charge >= 0.3 is 5.97 Å². The van der Waals surface area contributed by atoms with Crippen molar-refractivity contribution in [1.29, 1.82) is 0 Å². The molecule has 3 nitrogen and oxygen atoms in total. The molecule has 0 aliphatic carbocycles. The molecular weight excluding hydrogens is 309 g/mol. The number of carbonyl (C=O) groups is 1. The van der Waals surface area contributed by atoms with Gasteiger partial charge in [0.25, 0.3) is 0 Å². The Labute approximate surface area is 136 Å². The number of likely N-dealkylation sites (tertiary alicyclic amines) is 1. The summed E-state index contributed by atoms with van der Waals surface area (Å²) >= 11 is 12.3. The van der Waals surface area contributed by atoms with Gasteiger partial charge in [-0.1, -0.05) is 29.3 Å². The van der Waals surface area contributed by atoms with Gasteiger partial charge in [-0.25, -0.2) is 0 Å². The summed E-state index contributed by atoms with van der Waals surface area (Å²) in [5.74, 6) is -0.713. The maximum atomic E-state index is 10.8. The van der Waals surface area contributed by atoms with Crippen molar-refractivity contribution in [2.24, 2.45) is 0 Å². The minimum atomic E-state index is -0.713. The fraction of sp³-hybridized carbons (Fsp3) is 0.562. The van der Waals surface area contributed by atoms with Gasteiger partial charge in [0.1, 0.15) is 6.54 Å². The van der Waals surface area contributed by atoms with Crippen molar-refractivity contribution in [2.75, 3.05) is 19.6 Å². The zero-order valence-corrected chi connectivity index (χ0v) is 13.7. The van der Waals surface area contributed by atoms with Crippen molar-refractivity contribution in [3.8, 4) is 0 Å². The van der Waals surface area contributed by atoms with Crippen LogP contribution < -0.4 is 0 Å². The van der Waals surface area contributed by atoms with Crippen molar-refractivity contribution in [1.82, 2.24) is 0 Å². The summed E-state index contributed by atoms with van der Waals surface area (Å²) < 4.78 is 0.953. The summed E-state index contributed by atoms with van der Waals surface area (Å²) in [6.45, 7) is 4.00. The van der Waals surface area contributed by atoms with Crippen LogP contribution in [0.25, 0.3) is 0 Å². The average molecular weight is 331 g/mol. The van der Waals surface area contributed by atoms with Gasteiger partial charge in [-0.2, -0.15) is 0 Å². The van der Waals surface area contributed by atoms with Gasteiger partial charge in [-0.3, -0.25) is 4.79 Å². The summed E-state index contributed by atoms with van der Waals surface area (Å²) in [6, 6.07) is 5.66. The molecule has 0 unspecified atom stereocenters. The largest absolute Gasteiger partial charge is 0.481 e. The van der Waals surface area contributed by atoms with E-state index in [1.807, 2.05) is 12.1 Å². The summed E-state index contributed by atoms with van der Waals surface area (Å²) in [7, 11) is 0. The lowest BCUT2D eigenvalue weighted by Crippen LogP contribution is -2.51. The molecule has 1 aliphatic heterocycles. The van der Waals surface area contributed by atoms with E-state index in [9.17, 15) is 4.79 Å². The Kier molecular flexibility index (Phi) is 5.91. The second kappa shape index (κ2) is 7.48. The van der Waals surface area contributed by atoms with Gasteiger partial charge in [0.15, 0.2) is 0 Å². The van der Waals surface area contributed by atoms with Crippen LogP contribution in [0.15, 0.2) is 18.2 Å². The van der Waals surface area contributed by atoms with Crippen LogP contribution >= 0.6 is 23.2 Å². The maximum absolute atomic E-state index is 10.8. The van der Waals surface area contributed by atoms with Crippen LogP contribution in [-0.4, -0.2) is 35.2 Å². The smallest absolute Gasteiger partial charge is 0.303 e. The highest BCUT2D eigenvalue weighted by Crippen LogP contribution is 2.28. The molecule has 116 valence electrons. The summed E-state index contributed by atoms with van der Waals surface area (Å²) in [5, 5.41) is 10.2. The van der Waals surface area contributed by atoms with Crippen LogP contribution in [0.5, 0.6) is 0 Å². The van der Waals surface area contributed by atoms with Crippen molar-refractivity contribution in [3.05, 3.63) is 33.8 Å². The lowest BCUT2D eigenvalue weighted by molar-refractivity contribution is -0.945. The minimum absolute atomic E-state index is 0.244. The first-order chi connectivity index (χ1) is 10.0. The zero-order chi connectivity index (χ0) is 15.3. The van der Waals surface area contributed by atoms with Crippen LogP contribution in [0.2, 0.25) is 10.0 Å². The van der Waals surface area contributed by atoms with E-state index in [0.29, 0.717) is 10.0 Å². The number of quaternary nitrogens is 1. The van der Waals surface area contributed by atoms with Gasteiger partial charge in [-0.05, 0) is 31.4 Å². The molecule has 1 aliphatic rings. The van der Waals surface area contributed by atoms with E-state index in [1.165, 1.54) is 19.3 Å². The van der Waals surface area contributed by atoms with Crippen molar-refractivity contribution >= 4 is 29.2 Å². The lowest BCUT2D eigenvalue weighted by atomic mass is 10.0. The van der Waals surface area contributed by atoms with Crippen LogP contribution in [0.4, 0.5) is 0 Å². The van der Waals surface area contributed by atoms with E-state index in [-0.39, 0.29) is 6.42 Å². The minimum Gasteiger partial charge on any atom is -0.481 e. The molecule has 0 amide bonds. The molecule has 0 saturated carbocycles.